The fraction of sp³-hybridized carbons (Fsp3) is 0.429. The van der Waals surface area contributed by atoms with Crippen molar-refractivity contribution in [2.24, 2.45) is 5.73 Å². The molecule has 1 aromatic rings. The van der Waals surface area contributed by atoms with Gasteiger partial charge in [-0.15, -0.1) is 0 Å². The van der Waals surface area contributed by atoms with Gasteiger partial charge in [0.15, 0.2) is 0 Å². The van der Waals surface area contributed by atoms with E-state index in [1.807, 2.05) is 0 Å². The van der Waals surface area contributed by atoms with E-state index in [4.69, 9.17) is 18.0 Å². The summed E-state index contributed by atoms with van der Waals surface area (Å²) in [6.07, 6.45) is 4.15. The molecule has 0 radical (unpaired) electrons. The molecule has 1 aromatic carbocycles. The first kappa shape index (κ1) is 15.4. The smallest absolute Gasteiger partial charge is 0.255 e. The van der Waals surface area contributed by atoms with Crippen molar-refractivity contribution in [1.29, 1.82) is 0 Å². The number of benzene rings is 1. The second kappa shape index (κ2) is 6.63. The number of hydrogen-bond acceptors (Lipinski definition) is 2. The fourth-order valence-corrected chi connectivity index (χ4v) is 3.23. The SMILES string of the molecule is NC(=S)CN(C(=O)c1ccc(F)cc1Br)C1CCCC1. The second-order valence-corrected chi connectivity index (χ2v) is 6.34. The molecule has 1 aliphatic rings. The largest absolute Gasteiger partial charge is 0.392 e. The molecule has 2 rings (SSSR count). The van der Waals surface area contributed by atoms with E-state index < -0.39 is 0 Å². The van der Waals surface area contributed by atoms with Crippen molar-refractivity contribution >= 4 is 39.0 Å². The van der Waals surface area contributed by atoms with Gasteiger partial charge in [-0.2, -0.15) is 0 Å². The van der Waals surface area contributed by atoms with Crippen LogP contribution < -0.4 is 5.73 Å². The van der Waals surface area contributed by atoms with Crippen LogP contribution in [0.2, 0.25) is 0 Å². The van der Waals surface area contributed by atoms with Crippen molar-refractivity contribution in [1.82, 2.24) is 4.90 Å². The first-order valence-corrected chi connectivity index (χ1v) is 7.73. The molecule has 0 heterocycles. The van der Waals surface area contributed by atoms with Gasteiger partial charge in [0.05, 0.1) is 17.1 Å². The number of thiocarbonyl (C=S) groups is 1. The van der Waals surface area contributed by atoms with Crippen molar-refractivity contribution in [2.75, 3.05) is 6.54 Å². The minimum absolute atomic E-state index is 0.156. The lowest BCUT2D eigenvalue weighted by Crippen LogP contribution is -2.43. The lowest BCUT2D eigenvalue weighted by Gasteiger charge is -2.29. The van der Waals surface area contributed by atoms with Crippen LogP contribution in [0.3, 0.4) is 0 Å². The third-order valence-electron chi connectivity index (χ3n) is 3.51. The highest BCUT2D eigenvalue weighted by atomic mass is 79.9. The van der Waals surface area contributed by atoms with Gasteiger partial charge in [-0.25, -0.2) is 4.39 Å². The molecule has 1 fully saturated rings. The highest BCUT2D eigenvalue weighted by Gasteiger charge is 2.28. The number of hydrogen-bond donors (Lipinski definition) is 1. The van der Waals surface area contributed by atoms with Crippen LogP contribution in [0.4, 0.5) is 4.39 Å². The molecule has 0 spiro atoms. The summed E-state index contributed by atoms with van der Waals surface area (Å²) in [5, 5.41) is 0. The minimum Gasteiger partial charge on any atom is -0.392 e. The molecule has 0 atom stereocenters. The van der Waals surface area contributed by atoms with Crippen molar-refractivity contribution in [3.8, 4) is 0 Å². The number of nitrogens with zero attached hydrogens (tertiary/aromatic N) is 1. The Morgan fingerprint density at radius 3 is 2.65 bits per heavy atom. The first-order valence-electron chi connectivity index (χ1n) is 6.53. The summed E-state index contributed by atoms with van der Waals surface area (Å²) in [7, 11) is 0. The number of carbonyl (C=O) groups is 1. The third-order valence-corrected chi connectivity index (χ3v) is 4.30. The van der Waals surface area contributed by atoms with E-state index in [0.29, 0.717) is 15.0 Å². The zero-order valence-electron chi connectivity index (χ0n) is 10.9. The molecule has 1 amide bonds. The molecule has 108 valence electrons. The molecule has 3 nitrogen and oxygen atoms in total. The Kier molecular flexibility index (Phi) is 5.10. The van der Waals surface area contributed by atoms with E-state index >= 15 is 0 Å². The van der Waals surface area contributed by atoms with Gasteiger partial charge >= 0.3 is 0 Å². The molecular formula is C14H16BrFN2OS. The van der Waals surface area contributed by atoms with Gasteiger partial charge in [0, 0.05) is 10.5 Å². The fourth-order valence-electron chi connectivity index (χ4n) is 2.57. The van der Waals surface area contributed by atoms with Crippen LogP contribution in [0.25, 0.3) is 0 Å². The maximum Gasteiger partial charge on any atom is 0.255 e. The summed E-state index contributed by atoms with van der Waals surface area (Å²) in [6.45, 7) is 0.267. The zero-order valence-corrected chi connectivity index (χ0v) is 13.3. The number of amides is 1. The Balaban J connectivity index is 2.27. The Labute approximate surface area is 131 Å². The van der Waals surface area contributed by atoms with Gasteiger partial charge in [0.1, 0.15) is 5.82 Å². The van der Waals surface area contributed by atoms with E-state index in [0.717, 1.165) is 25.7 Å². The molecule has 0 aromatic heterocycles. The van der Waals surface area contributed by atoms with Crippen molar-refractivity contribution < 1.29 is 9.18 Å². The van der Waals surface area contributed by atoms with E-state index in [1.165, 1.54) is 18.2 Å². The van der Waals surface area contributed by atoms with Crippen LogP contribution >= 0.6 is 28.1 Å². The third kappa shape index (κ3) is 3.55. The monoisotopic (exact) mass is 358 g/mol. The zero-order chi connectivity index (χ0) is 14.7. The minimum atomic E-state index is -0.379. The molecule has 2 N–H and O–H groups in total. The van der Waals surface area contributed by atoms with Crippen LogP contribution in [-0.2, 0) is 0 Å². The van der Waals surface area contributed by atoms with E-state index in [9.17, 15) is 9.18 Å². The molecular weight excluding hydrogens is 343 g/mol. The molecule has 20 heavy (non-hydrogen) atoms. The summed E-state index contributed by atoms with van der Waals surface area (Å²) in [6, 6.07) is 4.23. The van der Waals surface area contributed by atoms with Crippen molar-refractivity contribution in [3.05, 3.63) is 34.1 Å². The van der Waals surface area contributed by atoms with Gasteiger partial charge in [-0.05, 0) is 47.0 Å². The molecule has 1 saturated carbocycles. The lowest BCUT2D eigenvalue weighted by atomic mass is 10.1. The van der Waals surface area contributed by atoms with E-state index in [-0.39, 0.29) is 24.3 Å². The Morgan fingerprint density at radius 1 is 1.45 bits per heavy atom. The topological polar surface area (TPSA) is 46.3 Å². The number of rotatable bonds is 4. The summed E-state index contributed by atoms with van der Waals surface area (Å²) in [5.41, 5.74) is 6.04. The summed E-state index contributed by atoms with van der Waals surface area (Å²) >= 11 is 8.18. The van der Waals surface area contributed by atoms with Crippen molar-refractivity contribution in [3.63, 3.8) is 0 Å². The normalized spacial score (nSPS) is 15.3. The molecule has 1 aliphatic carbocycles. The molecule has 6 heteroatoms. The van der Waals surface area contributed by atoms with Crippen LogP contribution in [-0.4, -0.2) is 28.4 Å². The van der Waals surface area contributed by atoms with Gasteiger partial charge in [0.2, 0.25) is 0 Å². The summed E-state index contributed by atoms with van der Waals surface area (Å²) in [4.78, 5) is 14.7. The van der Waals surface area contributed by atoms with Gasteiger partial charge in [-0.3, -0.25) is 4.79 Å². The number of nitrogens with two attached hydrogens (primary N) is 1. The molecule has 0 bridgehead atoms. The number of carbonyl (C=O) groups excluding carboxylic acids is 1. The predicted molar refractivity (Wildman–Crippen MR) is 84.2 cm³/mol. The van der Waals surface area contributed by atoms with E-state index in [2.05, 4.69) is 15.9 Å². The predicted octanol–water partition coefficient (Wildman–Crippen LogP) is 3.26. The average Bonchev–Trinajstić information content (AvgIpc) is 2.88. The molecule has 0 saturated heterocycles. The molecule has 0 unspecified atom stereocenters. The average molecular weight is 359 g/mol. The summed E-state index contributed by atoms with van der Waals surface area (Å²) in [5.74, 6) is -0.535. The highest BCUT2D eigenvalue weighted by Crippen LogP contribution is 2.27. The molecule has 0 aliphatic heterocycles. The maximum absolute atomic E-state index is 13.1. The van der Waals surface area contributed by atoms with E-state index in [1.54, 1.807) is 4.90 Å². The van der Waals surface area contributed by atoms with Crippen LogP contribution in [0.5, 0.6) is 0 Å². The summed E-state index contributed by atoms with van der Waals surface area (Å²) < 4.78 is 13.6. The highest BCUT2D eigenvalue weighted by molar-refractivity contribution is 9.10. The van der Waals surface area contributed by atoms with Gasteiger partial charge < -0.3 is 10.6 Å². The standard InChI is InChI=1S/C14H16BrFN2OS/c15-12-7-9(16)5-6-11(12)14(19)18(8-13(17)20)10-3-1-2-4-10/h5-7,10H,1-4,8H2,(H2,17,20). The number of halogens is 2. The Bertz CT molecular complexity index is 532. The van der Waals surface area contributed by atoms with Gasteiger partial charge in [-0.1, -0.05) is 25.1 Å². The van der Waals surface area contributed by atoms with Crippen LogP contribution in [0.15, 0.2) is 22.7 Å². The van der Waals surface area contributed by atoms with Crippen LogP contribution in [0.1, 0.15) is 36.0 Å². The van der Waals surface area contributed by atoms with Crippen LogP contribution in [0, 0.1) is 5.82 Å². The van der Waals surface area contributed by atoms with Gasteiger partial charge in [0.25, 0.3) is 5.91 Å². The Hall–Kier alpha value is -1.01. The maximum atomic E-state index is 13.1. The quantitative estimate of drug-likeness (QED) is 0.840. The second-order valence-electron chi connectivity index (χ2n) is 4.96. The first-order chi connectivity index (χ1) is 9.49. The lowest BCUT2D eigenvalue weighted by molar-refractivity contribution is 0.0713. The Morgan fingerprint density at radius 2 is 2.10 bits per heavy atom. The van der Waals surface area contributed by atoms with Crippen molar-refractivity contribution in [2.45, 2.75) is 31.7 Å².